The highest BCUT2D eigenvalue weighted by Gasteiger charge is 2.22. The van der Waals surface area contributed by atoms with E-state index in [-0.39, 0.29) is 11.6 Å². The molecule has 156 valence electrons. The summed E-state index contributed by atoms with van der Waals surface area (Å²) in [6, 6.07) is 9.56. The molecule has 2 N–H and O–H groups in total. The van der Waals surface area contributed by atoms with E-state index in [9.17, 15) is 4.79 Å². The van der Waals surface area contributed by atoms with E-state index in [0.29, 0.717) is 25.6 Å². The van der Waals surface area contributed by atoms with Gasteiger partial charge in [0.25, 0.3) is 0 Å². The molecule has 0 radical (unpaired) electrons. The highest BCUT2D eigenvalue weighted by molar-refractivity contribution is 5.94. The van der Waals surface area contributed by atoms with E-state index in [0.717, 1.165) is 22.6 Å². The average molecular weight is 407 g/mol. The lowest BCUT2D eigenvalue weighted by molar-refractivity contribution is 0.101. The Morgan fingerprint density at radius 1 is 1.23 bits per heavy atom. The average Bonchev–Trinajstić information content (AvgIpc) is 3.38. The molecule has 0 unspecified atom stereocenters. The van der Waals surface area contributed by atoms with Gasteiger partial charge in [0.15, 0.2) is 0 Å². The van der Waals surface area contributed by atoms with Gasteiger partial charge in [-0.2, -0.15) is 5.10 Å². The van der Waals surface area contributed by atoms with Crippen molar-refractivity contribution in [2.75, 3.05) is 37.0 Å². The number of anilines is 3. The second-order valence-electron chi connectivity index (χ2n) is 7.74. The van der Waals surface area contributed by atoms with Crippen LogP contribution in [0.25, 0.3) is 11.3 Å². The summed E-state index contributed by atoms with van der Waals surface area (Å²) in [7, 11) is 1.68. The number of amides is 2. The lowest BCUT2D eigenvalue weighted by Crippen LogP contribution is -2.31. The minimum atomic E-state index is -0.259. The number of hydrogen-bond donors (Lipinski definition) is 2. The molecule has 0 bridgehead atoms. The SMILES string of the molecule is COCC(C)(C)n1cc(Nc2nccc(-c3ccc(N4CCNC4=O)cc3)n2)cn1. The zero-order valence-electron chi connectivity index (χ0n) is 17.3. The quantitative estimate of drug-likeness (QED) is 0.625. The zero-order valence-corrected chi connectivity index (χ0v) is 17.3. The molecule has 2 aromatic heterocycles. The number of hydrogen-bond acceptors (Lipinski definition) is 6. The molecule has 3 heterocycles. The van der Waals surface area contributed by atoms with Crippen LogP contribution in [0.1, 0.15) is 13.8 Å². The maximum absolute atomic E-state index is 11.8. The van der Waals surface area contributed by atoms with Crippen molar-refractivity contribution >= 4 is 23.4 Å². The van der Waals surface area contributed by atoms with E-state index < -0.39 is 0 Å². The van der Waals surface area contributed by atoms with Gasteiger partial charge < -0.3 is 15.4 Å². The van der Waals surface area contributed by atoms with E-state index in [1.165, 1.54) is 0 Å². The van der Waals surface area contributed by atoms with Gasteiger partial charge in [0, 0.05) is 43.8 Å². The van der Waals surface area contributed by atoms with Gasteiger partial charge >= 0.3 is 6.03 Å². The zero-order chi connectivity index (χ0) is 21.1. The Balaban J connectivity index is 1.49. The molecule has 30 heavy (non-hydrogen) atoms. The fourth-order valence-electron chi connectivity index (χ4n) is 3.38. The Kier molecular flexibility index (Phi) is 5.37. The van der Waals surface area contributed by atoms with Gasteiger partial charge in [-0.05, 0) is 32.0 Å². The lowest BCUT2D eigenvalue weighted by atomic mass is 10.1. The molecule has 3 aromatic rings. The number of nitrogens with one attached hydrogen (secondary N) is 2. The second kappa shape index (κ2) is 8.11. The molecule has 0 atom stereocenters. The fraction of sp³-hybridized carbons (Fsp3) is 0.333. The number of methoxy groups -OCH3 is 1. The lowest BCUT2D eigenvalue weighted by Gasteiger charge is -2.24. The predicted molar refractivity (Wildman–Crippen MR) is 115 cm³/mol. The van der Waals surface area contributed by atoms with Crippen LogP contribution in [0.2, 0.25) is 0 Å². The van der Waals surface area contributed by atoms with Crippen LogP contribution in [0.15, 0.2) is 48.9 Å². The Bertz CT molecular complexity index is 1030. The van der Waals surface area contributed by atoms with Crippen molar-refractivity contribution in [2.24, 2.45) is 0 Å². The first kappa shape index (κ1) is 19.8. The Labute approximate surface area is 175 Å². The minimum Gasteiger partial charge on any atom is -0.382 e. The fourth-order valence-corrected chi connectivity index (χ4v) is 3.38. The standard InChI is InChI=1S/C21H25N7O2/c1-21(2,14-30-3)28-13-16(12-24-28)25-19-22-9-8-18(26-19)15-4-6-17(7-5-15)27-11-10-23-20(27)29/h4-9,12-13H,10-11,14H2,1-3H3,(H,23,29)(H,22,25,26). The topological polar surface area (TPSA) is 97.2 Å². The number of rotatable bonds is 7. The summed E-state index contributed by atoms with van der Waals surface area (Å²) < 4.78 is 7.13. The molecule has 1 aromatic carbocycles. The van der Waals surface area contributed by atoms with E-state index >= 15 is 0 Å². The summed E-state index contributed by atoms with van der Waals surface area (Å²) in [5.41, 5.74) is 3.14. The van der Waals surface area contributed by atoms with Gasteiger partial charge in [0.2, 0.25) is 5.95 Å². The molecule has 1 saturated heterocycles. The van der Waals surface area contributed by atoms with Crippen LogP contribution in [0.5, 0.6) is 0 Å². The van der Waals surface area contributed by atoms with Crippen LogP contribution < -0.4 is 15.5 Å². The number of nitrogens with zero attached hydrogens (tertiary/aromatic N) is 5. The van der Waals surface area contributed by atoms with Crippen LogP contribution in [-0.4, -0.2) is 52.6 Å². The monoisotopic (exact) mass is 407 g/mol. The third-order valence-corrected chi connectivity index (χ3v) is 4.94. The summed E-state index contributed by atoms with van der Waals surface area (Å²) in [5, 5.41) is 10.4. The number of carbonyl (C=O) groups is 1. The van der Waals surface area contributed by atoms with Crippen molar-refractivity contribution < 1.29 is 9.53 Å². The normalized spacial score (nSPS) is 14.1. The molecular formula is C21H25N7O2. The highest BCUT2D eigenvalue weighted by atomic mass is 16.5. The smallest absolute Gasteiger partial charge is 0.321 e. The number of urea groups is 1. The van der Waals surface area contributed by atoms with Crippen molar-refractivity contribution in [1.29, 1.82) is 0 Å². The molecule has 0 aliphatic carbocycles. The number of aromatic nitrogens is 4. The first-order valence-electron chi connectivity index (χ1n) is 9.76. The maximum Gasteiger partial charge on any atom is 0.321 e. The first-order chi connectivity index (χ1) is 14.5. The Morgan fingerprint density at radius 2 is 2.03 bits per heavy atom. The van der Waals surface area contributed by atoms with Crippen molar-refractivity contribution in [2.45, 2.75) is 19.4 Å². The molecule has 2 amide bonds. The van der Waals surface area contributed by atoms with E-state index in [4.69, 9.17) is 4.74 Å². The van der Waals surface area contributed by atoms with E-state index in [2.05, 4.69) is 39.5 Å². The first-order valence-corrected chi connectivity index (χ1v) is 9.76. The van der Waals surface area contributed by atoms with Crippen molar-refractivity contribution in [1.82, 2.24) is 25.1 Å². The number of benzene rings is 1. The van der Waals surface area contributed by atoms with Gasteiger partial charge in [0.05, 0.1) is 29.7 Å². The van der Waals surface area contributed by atoms with Crippen LogP contribution in [0.4, 0.5) is 22.1 Å². The number of ether oxygens (including phenoxy) is 1. The second-order valence-corrected chi connectivity index (χ2v) is 7.74. The molecule has 1 fully saturated rings. The van der Waals surface area contributed by atoms with Crippen molar-refractivity contribution in [3.05, 3.63) is 48.9 Å². The highest BCUT2D eigenvalue weighted by Crippen LogP contribution is 2.24. The summed E-state index contributed by atoms with van der Waals surface area (Å²) in [6.45, 7) is 6.00. The molecule has 1 aliphatic rings. The summed E-state index contributed by atoms with van der Waals surface area (Å²) >= 11 is 0. The molecular weight excluding hydrogens is 382 g/mol. The predicted octanol–water partition coefficient (Wildman–Crippen LogP) is 2.99. The van der Waals surface area contributed by atoms with Crippen molar-refractivity contribution in [3.8, 4) is 11.3 Å². The third-order valence-electron chi connectivity index (χ3n) is 4.94. The van der Waals surface area contributed by atoms with Gasteiger partial charge in [-0.15, -0.1) is 0 Å². The summed E-state index contributed by atoms with van der Waals surface area (Å²) in [4.78, 5) is 22.5. The molecule has 9 nitrogen and oxygen atoms in total. The largest absolute Gasteiger partial charge is 0.382 e. The molecule has 1 aliphatic heterocycles. The molecule has 4 rings (SSSR count). The van der Waals surface area contributed by atoms with Gasteiger partial charge in [-0.3, -0.25) is 9.58 Å². The van der Waals surface area contributed by atoms with E-state index in [1.54, 1.807) is 24.4 Å². The maximum atomic E-state index is 11.8. The van der Waals surface area contributed by atoms with Crippen LogP contribution in [0.3, 0.4) is 0 Å². The molecule has 0 spiro atoms. The van der Waals surface area contributed by atoms with Crippen LogP contribution in [-0.2, 0) is 10.3 Å². The summed E-state index contributed by atoms with van der Waals surface area (Å²) in [5.74, 6) is 0.486. The van der Waals surface area contributed by atoms with E-state index in [1.807, 2.05) is 41.2 Å². The van der Waals surface area contributed by atoms with Gasteiger partial charge in [0.1, 0.15) is 0 Å². The van der Waals surface area contributed by atoms with Gasteiger partial charge in [-0.25, -0.2) is 14.8 Å². The minimum absolute atomic E-state index is 0.0644. The third kappa shape index (κ3) is 4.11. The van der Waals surface area contributed by atoms with Gasteiger partial charge in [-0.1, -0.05) is 12.1 Å². The van der Waals surface area contributed by atoms with Crippen LogP contribution >= 0.6 is 0 Å². The Morgan fingerprint density at radius 3 is 2.73 bits per heavy atom. The summed E-state index contributed by atoms with van der Waals surface area (Å²) in [6.07, 6.45) is 5.36. The molecule has 0 saturated carbocycles. The van der Waals surface area contributed by atoms with Crippen LogP contribution in [0, 0.1) is 0 Å². The van der Waals surface area contributed by atoms with Crippen molar-refractivity contribution in [3.63, 3.8) is 0 Å². The molecule has 9 heteroatoms. The number of carbonyl (C=O) groups excluding carboxylic acids is 1. The Hall–Kier alpha value is -3.46.